The van der Waals surface area contributed by atoms with E-state index in [0.29, 0.717) is 17.7 Å². The predicted octanol–water partition coefficient (Wildman–Crippen LogP) is 3.45. The van der Waals surface area contributed by atoms with Crippen molar-refractivity contribution in [2.24, 2.45) is 0 Å². The van der Waals surface area contributed by atoms with Gasteiger partial charge in [0.25, 0.3) is 11.8 Å². The number of carbonyl (C=O) groups is 2. The first-order valence-corrected chi connectivity index (χ1v) is 8.43. The largest absolute Gasteiger partial charge is 0.352 e. The highest BCUT2D eigenvalue weighted by Gasteiger charge is 2.10. The fourth-order valence-corrected chi connectivity index (χ4v) is 2.69. The van der Waals surface area contributed by atoms with Crippen LogP contribution in [0.2, 0.25) is 0 Å². The molecule has 1 aliphatic carbocycles. The zero-order chi connectivity index (χ0) is 16.7. The zero-order valence-electron chi connectivity index (χ0n) is 14.0. The average molecular weight is 314 g/mol. The average Bonchev–Trinajstić information content (AvgIpc) is 2.55. The van der Waals surface area contributed by atoms with Gasteiger partial charge >= 0.3 is 0 Å². The van der Waals surface area contributed by atoms with Crippen molar-refractivity contribution in [3.05, 3.63) is 47.0 Å². The third kappa shape index (κ3) is 5.55. The minimum absolute atomic E-state index is 0.0859. The van der Waals surface area contributed by atoms with E-state index in [1.807, 2.05) is 13.8 Å². The summed E-state index contributed by atoms with van der Waals surface area (Å²) in [6.45, 7) is 4.50. The lowest BCUT2D eigenvalue weighted by molar-refractivity contribution is 0.0935. The predicted molar refractivity (Wildman–Crippen MR) is 92.5 cm³/mol. The standard InChI is InChI=1S/C19H26N2O2/c1-14(2)21-19(23)17-10-8-16(9-11-17)18(22)20-13-12-15-6-4-3-5-7-15/h6,8-11,14H,3-5,7,12-13H2,1-2H3,(H,20,22)(H,21,23). The van der Waals surface area contributed by atoms with Crippen LogP contribution in [-0.2, 0) is 0 Å². The Morgan fingerprint density at radius 1 is 1.04 bits per heavy atom. The highest BCUT2D eigenvalue weighted by atomic mass is 16.2. The summed E-state index contributed by atoms with van der Waals surface area (Å²) < 4.78 is 0. The van der Waals surface area contributed by atoms with Crippen LogP contribution in [0.1, 0.15) is 66.7 Å². The third-order valence-electron chi connectivity index (χ3n) is 3.95. The van der Waals surface area contributed by atoms with Crippen LogP contribution in [0.15, 0.2) is 35.9 Å². The lowest BCUT2D eigenvalue weighted by Crippen LogP contribution is -2.30. The molecule has 0 aromatic heterocycles. The molecule has 2 rings (SSSR count). The van der Waals surface area contributed by atoms with Gasteiger partial charge in [-0.3, -0.25) is 9.59 Å². The van der Waals surface area contributed by atoms with Crippen LogP contribution in [0.5, 0.6) is 0 Å². The van der Waals surface area contributed by atoms with Crippen molar-refractivity contribution < 1.29 is 9.59 Å². The fraction of sp³-hybridized carbons (Fsp3) is 0.474. The van der Waals surface area contributed by atoms with E-state index in [1.54, 1.807) is 24.3 Å². The lowest BCUT2D eigenvalue weighted by atomic mass is 9.97. The van der Waals surface area contributed by atoms with Crippen LogP contribution < -0.4 is 10.6 Å². The number of hydrogen-bond donors (Lipinski definition) is 2. The van der Waals surface area contributed by atoms with Crippen LogP contribution in [0, 0.1) is 0 Å². The van der Waals surface area contributed by atoms with Crippen molar-refractivity contribution >= 4 is 11.8 Å². The first-order valence-electron chi connectivity index (χ1n) is 8.43. The van der Waals surface area contributed by atoms with E-state index in [9.17, 15) is 9.59 Å². The van der Waals surface area contributed by atoms with Crippen molar-refractivity contribution in [2.45, 2.75) is 52.0 Å². The molecule has 0 heterocycles. The van der Waals surface area contributed by atoms with E-state index in [4.69, 9.17) is 0 Å². The Kier molecular flexibility index (Phi) is 6.39. The maximum absolute atomic E-state index is 12.1. The number of hydrogen-bond acceptors (Lipinski definition) is 2. The van der Waals surface area contributed by atoms with Crippen molar-refractivity contribution in [1.29, 1.82) is 0 Å². The van der Waals surface area contributed by atoms with E-state index >= 15 is 0 Å². The molecule has 0 saturated carbocycles. The minimum Gasteiger partial charge on any atom is -0.352 e. The molecule has 0 radical (unpaired) electrons. The summed E-state index contributed by atoms with van der Waals surface area (Å²) in [6, 6.07) is 6.88. The van der Waals surface area contributed by atoms with Crippen LogP contribution in [0.3, 0.4) is 0 Å². The van der Waals surface area contributed by atoms with Crippen LogP contribution in [0.25, 0.3) is 0 Å². The molecule has 0 saturated heterocycles. The van der Waals surface area contributed by atoms with Gasteiger partial charge in [-0.05, 0) is 70.2 Å². The van der Waals surface area contributed by atoms with Gasteiger partial charge in [0.15, 0.2) is 0 Å². The molecule has 1 aliphatic rings. The summed E-state index contributed by atoms with van der Waals surface area (Å²) in [5.41, 5.74) is 2.61. The first-order chi connectivity index (χ1) is 11.1. The number of rotatable bonds is 6. The second-order valence-corrected chi connectivity index (χ2v) is 6.32. The van der Waals surface area contributed by atoms with E-state index in [0.717, 1.165) is 12.8 Å². The van der Waals surface area contributed by atoms with Gasteiger partial charge in [-0.15, -0.1) is 0 Å². The Hall–Kier alpha value is -2.10. The van der Waals surface area contributed by atoms with E-state index in [1.165, 1.54) is 24.8 Å². The summed E-state index contributed by atoms with van der Waals surface area (Å²) in [7, 11) is 0. The van der Waals surface area contributed by atoms with Gasteiger partial charge in [0.1, 0.15) is 0 Å². The van der Waals surface area contributed by atoms with Crippen LogP contribution in [-0.4, -0.2) is 24.4 Å². The molecule has 0 bridgehead atoms. The second kappa shape index (κ2) is 8.51. The van der Waals surface area contributed by atoms with Gasteiger partial charge in [-0.1, -0.05) is 11.6 Å². The first kappa shape index (κ1) is 17.3. The Labute approximate surface area is 138 Å². The molecular weight excluding hydrogens is 288 g/mol. The minimum atomic E-state index is -0.115. The van der Waals surface area contributed by atoms with Crippen molar-refractivity contribution in [3.8, 4) is 0 Å². The summed E-state index contributed by atoms with van der Waals surface area (Å²) in [5, 5.41) is 5.78. The molecule has 4 nitrogen and oxygen atoms in total. The van der Waals surface area contributed by atoms with Gasteiger partial charge in [-0.25, -0.2) is 0 Å². The second-order valence-electron chi connectivity index (χ2n) is 6.32. The Morgan fingerprint density at radius 3 is 2.26 bits per heavy atom. The number of carbonyl (C=O) groups excluding carboxylic acids is 2. The SMILES string of the molecule is CC(C)NC(=O)c1ccc(C(=O)NCCC2=CCCCC2)cc1. The number of allylic oxidation sites excluding steroid dienone is 1. The molecule has 0 atom stereocenters. The molecule has 1 aromatic rings. The number of nitrogens with one attached hydrogen (secondary N) is 2. The zero-order valence-corrected chi connectivity index (χ0v) is 14.0. The molecule has 124 valence electrons. The Balaban J connectivity index is 1.82. The fourth-order valence-electron chi connectivity index (χ4n) is 2.69. The van der Waals surface area contributed by atoms with Crippen LogP contribution >= 0.6 is 0 Å². The summed E-state index contributed by atoms with van der Waals surface area (Å²) in [4.78, 5) is 24.0. The van der Waals surface area contributed by atoms with Crippen molar-refractivity contribution in [2.75, 3.05) is 6.54 Å². The molecule has 0 aliphatic heterocycles. The maximum Gasteiger partial charge on any atom is 0.251 e. The molecule has 4 heteroatoms. The molecule has 0 fully saturated rings. The van der Waals surface area contributed by atoms with E-state index in [-0.39, 0.29) is 17.9 Å². The molecule has 2 N–H and O–H groups in total. The van der Waals surface area contributed by atoms with Crippen LogP contribution in [0.4, 0.5) is 0 Å². The quantitative estimate of drug-likeness (QED) is 0.790. The summed E-state index contributed by atoms with van der Waals surface area (Å²) in [6.07, 6.45) is 8.11. The Bertz CT molecular complexity index is 574. The summed E-state index contributed by atoms with van der Waals surface area (Å²) in [5.74, 6) is -0.201. The van der Waals surface area contributed by atoms with Crippen molar-refractivity contribution in [3.63, 3.8) is 0 Å². The van der Waals surface area contributed by atoms with Gasteiger partial charge in [-0.2, -0.15) is 0 Å². The summed E-state index contributed by atoms with van der Waals surface area (Å²) >= 11 is 0. The van der Waals surface area contributed by atoms with Crippen molar-refractivity contribution in [1.82, 2.24) is 10.6 Å². The Morgan fingerprint density at radius 2 is 1.70 bits per heavy atom. The van der Waals surface area contributed by atoms with Gasteiger partial charge in [0, 0.05) is 23.7 Å². The third-order valence-corrected chi connectivity index (χ3v) is 3.95. The molecule has 0 unspecified atom stereocenters. The normalized spacial score (nSPS) is 14.3. The lowest BCUT2D eigenvalue weighted by Gasteiger charge is -2.13. The number of benzene rings is 1. The number of amides is 2. The molecule has 0 spiro atoms. The smallest absolute Gasteiger partial charge is 0.251 e. The van der Waals surface area contributed by atoms with Gasteiger partial charge in [0.05, 0.1) is 0 Å². The topological polar surface area (TPSA) is 58.2 Å². The van der Waals surface area contributed by atoms with E-state index in [2.05, 4.69) is 16.7 Å². The van der Waals surface area contributed by atoms with Gasteiger partial charge in [0.2, 0.25) is 0 Å². The highest BCUT2D eigenvalue weighted by Crippen LogP contribution is 2.19. The molecular formula is C19H26N2O2. The highest BCUT2D eigenvalue weighted by molar-refractivity contribution is 5.97. The van der Waals surface area contributed by atoms with Gasteiger partial charge < -0.3 is 10.6 Å². The molecule has 2 amide bonds. The monoisotopic (exact) mass is 314 g/mol. The maximum atomic E-state index is 12.1. The van der Waals surface area contributed by atoms with E-state index < -0.39 is 0 Å². The molecule has 1 aromatic carbocycles. The molecule has 23 heavy (non-hydrogen) atoms.